The second-order valence-corrected chi connectivity index (χ2v) is 4.49. The number of halogens is 1. The fraction of sp³-hybridized carbons (Fsp3) is 0.286. The van der Waals surface area contributed by atoms with Gasteiger partial charge < -0.3 is 15.1 Å². The minimum absolute atomic E-state index is 0.160. The zero-order valence-corrected chi connectivity index (χ0v) is 10.6. The maximum atomic E-state index is 14.0. The van der Waals surface area contributed by atoms with E-state index in [0.717, 1.165) is 11.1 Å². The first kappa shape index (κ1) is 12.6. The molecule has 0 saturated carbocycles. The number of hydrogen-bond acceptors (Lipinski definition) is 3. The van der Waals surface area contributed by atoms with E-state index in [4.69, 9.17) is 10.2 Å². The van der Waals surface area contributed by atoms with Gasteiger partial charge >= 0.3 is 0 Å². The molecule has 2 N–H and O–H groups in total. The summed E-state index contributed by atoms with van der Waals surface area (Å²) in [6, 6.07) is 6.81. The fourth-order valence-electron chi connectivity index (χ4n) is 1.86. The lowest BCUT2D eigenvalue weighted by Gasteiger charge is -2.20. The Hall–Kier alpha value is -1.81. The SMILES string of the molecule is C[C@@H](N)c1ccc(N(C)Cc2ccoc2)c(F)c1. The predicted octanol–water partition coefficient (Wildman–Crippen LogP) is 3.07. The third-order valence-electron chi connectivity index (χ3n) is 2.91. The highest BCUT2D eigenvalue weighted by Crippen LogP contribution is 2.23. The molecule has 0 aliphatic carbocycles. The number of hydrogen-bond donors (Lipinski definition) is 1. The van der Waals surface area contributed by atoms with Crippen LogP contribution in [0.25, 0.3) is 0 Å². The van der Waals surface area contributed by atoms with Crippen molar-refractivity contribution in [2.45, 2.75) is 19.5 Å². The van der Waals surface area contributed by atoms with Gasteiger partial charge in [-0.25, -0.2) is 4.39 Å². The molecule has 1 heterocycles. The van der Waals surface area contributed by atoms with Gasteiger partial charge in [-0.3, -0.25) is 0 Å². The molecule has 3 nitrogen and oxygen atoms in total. The lowest BCUT2D eigenvalue weighted by atomic mass is 10.1. The van der Waals surface area contributed by atoms with Crippen molar-refractivity contribution in [2.75, 3.05) is 11.9 Å². The Morgan fingerprint density at radius 1 is 1.39 bits per heavy atom. The topological polar surface area (TPSA) is 42.4 Å². The summed E-state index contributed by atoms with van der Waals surface area (Å²) in [6.45, 7) is 2.44. The number of anilines is 1. The molecule has 0 unspecified atom stereocenters. The molecule has 0 spiro atoms. The lowest BCUT2D eigenvalue weighted by Crippen LogP contribution is -2.17. The van der Waals surface area contributed by atoms with Gasteiger partial charge in [0.05, 0.1) is 18.2 Å². The van der Waals surface area contributed by atoms with Gasteiger partial charge in [-0.1, -0.05) is 6.07 Å². The van der Waals surface area contributed by atoms with Crippen LogP contribution in [-0.2, 0) is 6.54 Å². The third-order valence-corrected chi connectivity index (χ3v) is 2.91. The standard InChI is InChI=1S/C14H17FN2O/c1-10(16)12-3-4-14(13(15)7-12)17(2)8-11-5-6-18-9-11/h3-7,9-10H,8,16H2,1-2H3/t10-/m1/s1. The van der Waals surface area contributed by atoms with Crippen LogP contribution in [0.15, 0.2) is 41.2 Å². The minimum atomic E-state index is -0.254. The largest absolute Gasteiger partial charge is 0.472 e. The Balaban J connectivity index is 2.17. The van der Waals surface area contributed by atoms with Crippen molar-refractivity contribution in [1.82, 2.24) is 0 Å². The number of furan rings is 1. The average molecular weight is 248 g/mol. The zero-order valence-electron chi connectivity index (χ0n) is 10.6. The smallest absolute Gasteiger partial charge is 0.146 e. The quantitative estimate of drug-likeness (QED) is 0.904. The molecular weight excluding hydrogens is 231 g/mol. The Labute approximate surface area is 106 Å². The first-order chi connectivity index (χ1) is 8.58. The van der Waals surface area contributed by atoms with Crippen LogP contribution in [-0.4, -0.2) is 7.05 Å². The number of nitrogens with zero attached hydrogens (tertiary/aromatic N) is 1. The first-order valence-corrected chi connectivity index (χ1v) is 5.85. The summed E-state index contributed by atoms with van der Waals surface area (Å²) < 4.78 is 19.0. The molecule has 2 aromatic rings. The molecular formula is C14H17FN2O. The summed E-state index contributed by atoms with van der Waals surface area (Å²) in [5, 5.41) is 0. The van der Waals surface area contributed by atoms with Crippen molar-refractivity contribution < 1.29 is 8.81 Å². The minimum Gasteiger partial charge on any atom is -0.472 e. The Kier molecular flexibility index (Phi) is 3.67. The lowest BCUT2D eigenvalue weighted by molar-refractivity contribution is 0.563. The van der Waals surface area contributed by atoms with Crippen molar-refractivity contribution in [3.05, 3.63) is 53.7 Å². The predicted molar refractivity (Wildman–Crippen MR) is 69.8 cm³/mol. The summed E-state index contributed by atoms with van der Waals surface area (Å²) in [6.07, 6.45) is 3.27. The summed E-state index contributed by atoms with van der Waals surface area (Å²) in [5.74, 6) is -0.254. The molecule has 0 radical (unpaired) electrons. The summed E-state index contributed by atoms with van der Waals surface area (Å²) in [4.78, 5) is 1.84. The molecule has 1 aromatic carbocycles. The molecule has 0 aliphatic rings. The van der Waals surface area contributed by atoms with E-state index in [0.29, 0.717) is 12.2 Å². The van der Waals surface area contributed by atoms with Crippen LogP contribution in [0.1, 0.15) is 24.1 Å². The van der Waals surface area contributed by atoms with Gasteiger partial charge in [-0.05, 0) is 30.7 Å². The molecule has 0 fully saturated rings. The normalized spacial score (nSPS) is 12.4. The van der Waals surface area contributed by atoms with Gasteiger partial charge in [0.1, 0.15) is 5.82 Å². The van der Waals surface area contributed by atoms with E-state index < -0.39 is 0 Å². The van der Waals surface area contributed by atoms with E-state index in [1.54, 1.807) is 18.6 Å². The molecule has 18 heavy (non-hydrogen) atoms. The maximum Gasteiger partial charge on any atom is 0.146 e. The van der Waals surface area contributed by atoms with Gasteiger partial charge in [0.2, 0.25) is 0 Å². The molecule has 1 atom stereocenters. The Bertz CT molecular complexity index is 509. The second-order valence-electron chi connectivity index (χ2n) is 4.49. The van der Waals surface area contributed by atoms with Gasteiger partial charge in [0.25, 0.3) is 0 Å². The van der Waals surface area contributed by atoms with Crippen LogP contribution in [0, 0.1) is 5.82 Å². The zero-order chi connectivity index (χ0) is 13.1. The summed E-state index contributed by atoms with van der Waals surface area (Å²) in [7, 11) is 1.84. The van der Waals surface area contributed by atoms with Crippen molar-refractivity contribution in [3.8, 4) is 0 Å². The molecule has 4 heteroatoms. The van der Waals surface area contributed by atoms with Gasteiger partial charge in [-0.2, -0.15) is 0 Å². The second kappa shape index (κ2) is 5.23. The van der Waals surface area contributed by atoms with Crippen molar-refractivity contribution in [1.29, 1.82) is 0 Å². The van der Waals surface area contributed by atoms with Crippen molar-refractivity contribution >= 4 is 5.69 Å². The molecule has 0 bridgehead atoms. The highest BCUT2D eigenvalue weighted by Gasteiger charge is 2.10. The van der Waals surface area contributed by atoms with E-state index in [2.05, 4.69) is 0 Å². The van der Waals surface area contributed by atoms with Gasteiger partial charge in [-0.15, -0.1) is 0 Å². The molecule has 1 aromatic heterocycles. The molecule has 0 saturated heterocycles. The maximum absolute atomic E-state index is 14.0. The van der Waals surface area contributed by atoms with Crippen molar-refractivity contribution in [2.24, 2.45) is 5.73 Å². The van der Waals surface area contributed by atoms with Crippen LogP contribution in [0.3, 0.4) is 0 Å². The number of rotatable bonds is 4. The number of nitrogens with two attached hydrogens (primary N) is 1. The highest BCUT2D eigenvalue weighted by atomic mass is 19.1. The first-order valence-electron chi connectivity index (χ1n) is 5.85. The van der Waals surface area contributed by atoms with Crippen molar-refractivity contribution in [3.63, 3.8) is 0 Å². The Morgan fingerprint density at radius 2 is 2.17 bits per heavy atom. The van der Waals surface area contributed by atoms with Crippen LogP contribution in [0.4, 0.5) is 10.1 Å². The molecule has 0 amide bonds. The van der Waals surface area contributed by atoms with E-state index in [9.17, 15) is 4.39 Å². The van der Waals surface area contributed by atoms with Crippen LogP contribution < -0.4 is 10.6 Å². The van der Waals surface area contributed by atoms with E-state index in [1.807, 2.05) is 31.0 Å². The summed E-state index contributed by atoms with van der Waals surface area (Å²) >= 11 is 0. The monoisotopic (exact) mass is 248 g/mol. The summed E-state index contributed by atoms with van der Waals surface area (Å²) in [5.41, 5.74) is 8.09. The molecule has 2 rings (SSSR count). The van der Waals surface area contributed by atoms with E-state index >= 15 is 0 Å². The van der Waals surface area contributed by atoms with Crippen LogP contribution in [0.5, 0.6) is 0 Å². The molecule has 96 valence electrons. The van der Waals surface area contributed by atoms with Crippen LogP contribution in [0.2, 0.25) is 0 Å². The average Bonchev–Trinajstić information content (AvgIpc) is 2.81. The molecule has 0 aliphatic heterocycles. The number of benzene rings is 1. The Morgan fingerprint density at radius 3 is 2.72 bits per heavy atom. The van der Waals surface area contributed by atoms with E-state index in [-0.39, 0.29) is 11.9 Å². The van der Waals surface area contributed by atoms with E-state index in [1.165, 1.54) is 6.07 Å². The third kappa shape index (κ3) is 2.71. The fourth-order valence-corrected chi connectivity index (χ4v) is 1.86. The van der Waals surface area contributed by atoms with Gasteiger partial charge in [0.15, 0.2) is 0 Å². The van der Waals surface area contributed by atoms with Crippen LogP contribution >= 0.6 is 0 Å². The highest BCUT2D eigenvalue weighted by molar-refractivity contribution is 5.49. The van der Waals surface area contributed by atoms with Gasteiger partial charge in [0, 0.05) is 25.2 Å².